The van der Waals surface area contributed by atoms with E-state index in [0.717, 1.165) is 36.4 Å². The van der Waals surface area contributed by atoms with Crippen molar-refractivity contribution in [3.05, 3.63) is 82.7 Å². The van der Waals surface area contributed by atoms with E-state index in [1.807, 2.05) is 12.1 Å². The number of piperidine rings is 1. The van der Waals surface area contributed by atoms with Gasteiger partial charge in [-0.15, -0.1) is 0 Å². The molecule has 0 bridgehead atoms. The zero-order chi connectivity index (χ0) is 27.4. The maximum absolute atomic E-state index is 13.1. The third-order valence-electron chi connectivity index (χ3n) is 8.65. The van der Waals surface area contributed by atoms with Crippen molar-refractivity contribution in [1.82, 2.24) is 20.0 Å². The lowest BCUT2D eigenvalue weighted by Crippen LogP contribution is -2.54. The zero-order valence-electron chi connectivity index (χ0n) is 22.1. The first kappa shape index (κ1) is 24.7. The van der Waals surface area contributed by atoms with E-state index in [9.17, 15) is 19.2 Å². The second-order valence-electron chi connectivity index (χ2n) is 11.5. The van der Waals surface area contributed by atoms with Crippen molar-refractivity contribution < 1.29 is 19.2 Å². The molecule has 2 N–H and O–H groups in total. The van der Waals surface area contributed by atoms with Crippen LogP contribution < -0.4 is 10.6 Å². The van der Waals surface area contributed by atoms with E-state index in [0.29, 0.717) is 29.0 Å². The monoisotopic (exact) mass is 537 g/mol. The zero-order valence-corrected chi connectivity index (χ0v) is 22.1. The first-order valence-corrected chi connectivity index (χ1v) is 14.2. The van der Waals surface area contributed by atoms with Gasteiger partial charge in [-0.3, -0.25) is 34.1 Å². The second kappa shape index (κ2) is 9.73. The van der Waals surface area contributed by atoms with Gasteiger partial charge in [0.1, 0.15) is 6.04 Å². The first-order chi connectivity index (χ1) is 19.4. The molecule has 1 saturated heterocycles. The van der Waals surface area contributed by atoms with E-state index in [2.05, 4.69) is 45.6 Å². The molecule has 0 spiro atoms. The molecule has 2 aromatic carbocycles. The molecule has 2 aliphatic carbocycles. The lowest BCUT2D eigenvalue weighted by molar-refractivity contribution is -0.136. The van der Waals surface area contributed by atoms with E-state index in [1.165, 1.54) is 29.8 Å². The van der Waals surface area contributed by atoms with Gasteiger partial charge in [0, 0.05) is 36.7 Å². The quantitative estimate of drug-likeness (QED) is 0.423. The number of anilines is 1. The van der Waals surface area contributed by atoms with E-state index in [1.54, 1.807) is 12.1 Å². The molecule has 40 heavy (non-hydrogen) atoms. The molecular weight excluding hydrogens is 506 g/mol. The highest BCUT2D eigenvalue weighted by molar-refractivity contribution is 6.23. The number of rotatable bonds is 8. The summed E-state index contributed by atoms with van der Waals surface area (Å²) in [6, 6.07) is 17.4. The predicted molar refractivity (Wildman–Crippen MR) is 147 cm³/mol. The van der Waals surface area contributed by atoms with Crippen LogP contribution in [-0.2, 0) is 16.0 Å². The summed E-state index contributed by atoms with van der Waals surface area (Å²) in [5.74, 6) is -0.859. The molecule has 7 rings (SSSR count). The first-order valence-electron chi connectivity index (χ1n) is 14.2. The smallest absolute Gasteiger partial charge is 0.262 e. The maximum atomic E-state index is 13.1. The third-order valence-corrected chi connectivity index (χ3v) is 8.65. The molecule has 1 aromatic heterocycles. The Bertz CT molecular complexity index is 1520. The highest BCUT2D eigenvalue weighted by atomic mass is 16.2. The SMILES string of the molecule is O=C1CCC(N2C(=O)c3ccc(NCC4CC(n5nc(C6CC6)cc5Cc5ccccc5)C4)cc3C2=O)C(=O)N1. The highest BCUT2D eigenvalue weighted by Crippen LogP contribution is 2.43. The molecule has 204 valence electrons. The second-order valence-corrected chi connectivity index (χ2v) is 11.5. The molecule has 3 aromatic rings. The maximum Gasteiger partial charge on any atom is 0.262 e. The third kappa shape index (κ3) is 4.49. The van der Waals surface area contributed by atoms with Crippen LogP contribution in [0.25, 0.3) is 0 Å². The van der Waals surface area contributed by atoms with E-state index in [4.69, 9.17) is 5.10 Å². The van der Waals surface area contributed by atoms with Crippen molar-refractivity contribution in [2.45, 2.75) is 62.9 Å². The Labute approximate surface area is 231 Å². The van der Waals surface area contributed by atoms with Crippen molar-refractivity contribution in [3.63, 3.8) is 0 Å². The molecule has 9 heteroatoms. The van der Waals surface area contributed by atoms with Gasteiger partial charge in [0.05, 0.1) is 22.9 Å². The number of carbonyl (C=O) groups excluding carboxylic acids is 4. The number of benzene rings is 2. The number of fused-ring (bicyclic) bond motifs is 1. The molecule has 9 nitrogen and oxygen atoms in total. The minimum Gasteiger partial charge on any atom is -0.385 e. The Hall–Kier alpha value is -4.27. The van der Waals surface area contributed by atoms with Crippen LogP contribution in [0.1, 0.15) is 88.2 Å². The van der Waals surface area contributed by atoms with Crippen LogP contribution in [0.4, 0.5) is 5.69 Å². The van der Waals surface area contributed by atoms with Gasteiger partial charge >= 0.3 is 0 Å². The summed E-state index contributed by atoms with van der Waals surface area (Å²) >= 11 is 0. The standard InChI is InChI=1S/C31H31N5O4/c37-28-11-10-27(29(38)33-28)35-30(39)24-9-8-21(15-25(24)31(35)40)32-17-19-13-22(14-19)36-23(12-18-4-2-1-3-5-18)16-26(34-36)20-6-7-20/h1-5,8-9,15-16,19-20,22,27,32H,6-7,10-14,17H2,(H,33,37,38). The van der Waals surface area contributed by atoms with Crippen molar-refractivity contribution in [2.75, 3.05) is 11.9 Å². The summed E-state index contributed by atoms with van der Waals surface area (Å²) in [5, 5.41) is 10.7. The highest BCUT2D eigenvalue weighted by Gasteiger charge is 2.44. The normalized spacial score (nSPS) is 24.1. The van der Waals surface area contributed by atoms with E-state index in [-0.39, 0.29) is 18.7 Å². The summed E-state index contributed by atoms with van der Waals surface area (Å²) in [7, 11) is 0. The fourth-order valence-corrected chi connectivity index (χ4v) is 6.20. The Morgan fingerprint density at radius 3 is 2.42 bits per heavy atom. The Kier molecular flexibility index (Phi) is 6.02. The Morgan fingerprint density at radius 1 is 0.900 bits per heavy atom. The van der Waals surface area contributed by atoms with Gasteiger partial charge in [-0.2, -0.15) is 5.10 Å². The minimum absolute atomic E-state index is 0.104. The number of nitrogens with zero attached hydrogens (tertiary/aromatic N) is 3. The molecule has 4 aliphatic rings. The van der Waals surface area contributed by atoms with Crippen LogP contribution in [0.3, 0.4) is 0 Å². The Morgan fingerprint density at radius 2 is 1.68 bits per heavy atom. The number of imide groups is 2. The summed E-state index contributed by atoms with van der Waals surface area (Å²) in [6.45, 7) is 0.763. The van der Waals surface area contributed by atoms with Crippen molar-refractivity contribution >= 4 is 29.3 Å². The fraction of sp³-hybridized carbons (Fsp3) is 0.387. The van der Waals surface area contributed by atoms with Gasteiger partial charge < -0.3 is 5.32 Å². The fourth-order valence-electron chi connectivity index (χ4n) is 6.20. The van der Waals surface area contributed by atoms with Gasteiger partial charge in [0.25, 0.3) is 11.8 Å². The molecule has 0 radical (unpaired) electrons. The number of aromatic nitrogens is 2. The molecular formula is C31H31N5O4. The number of hydrogen-bond acceptors (Lipinski definition) is 6. The topological polar surface area (TPSA) is 113 Å². The largest absolute Gasteiger partial charge is 0.385 e. The summed E-state index contributed by atoms with van der Waals surface area (Å²) in [4.78, 5) is 50.9. The van der Waals surface area contributed by atoms with Gasteiger partial charge in [-0.1, -0.05) is 30.3 Å². The van der Waals surface area contributed by atoms with E-state index < -0.39 is 23.8 Å². The number of amides is 4. The molecule has 1 atom stereocenters. The van der Waals surface area contributed by atoms with Gasteiger partial charge in [0.2, 0.25) is 11.8 Å². The summed E-state index contributed by atoms with van der Waals surface area (Å²) in [6.07, 6.45) is 5.68. The summed E-state index contributed by atoms with van der Waals surface area (Å²) in [5.41, 5.74) is 5.17. The van der Waals surface area contributed by atoms with Gasteiger partial charge in [-0.05, 0) is 67.9 Å². The van der Waals surface area contributed by atoms with Crippen molar-refractivity contribution in [2.24, 2.45) is 5.92 Å². The molecule has 4 amide bonds. The number of hydrogen-bond donors (Lipinski definition) is 2. The van der Waals surface area contributed by atoms with Crippen molar-refractivity contribution in [3.8, 4) is 0 Å². The van der Waals surface area contributed by atoms with Gasteiger partial charge in [-0.25, -0.2) is 0 Å². The Balaban J connectivity index is 0.987. The average Bonchev–Trinajstić information content (AvgIpc) is 3.65. The van der Waals surface area contributed by atoms with Crippen molar-refractivity contribution in [1.29, 1.82) is 0 Å². The number of carbonyl (C=O) groups is 4. The summed E-state index contributed by atoms with van der Waals surface area (Å²) < 4.78 is 2.26. The van der Waals surface area contributed by atoms with Crippen LogP contribution in [0.5, 0.6) is 0 Å². The van der Waals surface area contributed by atoms with Gasteiger partial charge in [0.15, 0.2) is 0 Å². The predicted octanol–water partition coefficient (Wildman–Crippen LogP) is 3.82. The molecule has 2 saturated carbocycles. The van der Waals surface area contributed by atoms with Crippen LogP contribution >= 0.6 is 0 Å². The molecule has 1 unspecified atom stereocenters. The number of nitrogens with one attached hydrogen (secondary N) is 2. The van der Waals surface area contributed by atoms with Crippen LogP contribution in [0.2, 0.25) is 0 Å². The lowest BCUT2D eigenvalue weighted by Gasteiger charge is -2.36. The average molecular weight is 538 g/mol. The van der Waals surface area contributed by atoms with E-state index >= 15 is 0 Å². The molecule has 3 fully saturated rings. The van der Waals surface area contributed by atoms with Crippen LogP contribution in [-0.4, -0.2) is 50.9 Å². The molecule has 3 heterocycles. The lowest BCUT2D eigenvalue weighted by atomic mass is 9.80. The molecule has 2 aliphatic heterocycles. The van der Waals surface area contributed by atoms with Crippen LogP contribution in [0, 0.1) is 5.92 Å². The van der Waals surface area contributed by atoms with Crippen LogP contribution in [0.15, 0.2) is 54.6 Å². The minimum atomic E-state index is -0.956.